The van der Waals surface area contributed by atoms with E-state index in [0.29, 0.717) is 26.2 Å². The van der Waals surface area contributed by atoms with Gasteiger partial charge in [-0.3, -0.25) is 4.52 Å². The fourth-order valence-electron chi connectivity index (χ4n) is 1.73. The van der Waals surface area contributed by atoms with Crippen molar-refractivity contribution < 1.29 is 17.7 Å². The first-order valence-electron chi connectivity index (χ1n) is 5.48. The maximum atomic E-state index is 11.9. The first-order chi connectivity index (χ1) is 8.41. The quantitative estimate of drug-likeness (QED) is 0.619. The fraction of sp³-hybridized carbons (Fsp3) is 0.750. The number of piperazine rings is 1. The molecule has 1 aliphatic rings. The van der Waals surface area contributed by atoms with Crippen LogP contribution in [0, 0.1) is 0 Å². The number of nitrogens with two attached hydrogens (primary N) is 1. The van der Waals surface area contributed by atoms with E-state index in [1.54, 1.807) is 6.20 Å². The summed E-state index contributed by atoms with van der Waals surface area (Å²) >= 11 is 0. The minimum absolute atomic E-state index is 0.221. The summed E-state index contributed by atoms with van der Waals surface area (Å²) < 4.78 is 31.2. The average molecular weight is 277 g/mol. The summed E-state index contributed by atoms with van der Waals surface area (Å²) in [7, 11) is -0.293. The molecule has 0 saturated carbocycles. The van der Waals surface area contributed by atoms with Gasteiger partial charge in [-0.15, -0.1) is 0 Å². The van der Waals surface area contributed by atoms with Crippen LogP contribution >= 0.6 is 0 Å². The van der Waals surface area contributed by atoms with Crippen LogP contribution in [0.25, 0.3) is 0 Å². The van der Waals surface area contributed by atoms with Crippen LogP contribution in [0.5, 0.6) is 0 Å². The summed E-state index contributed by atoms with van der Waals surface area (Å²) in [6.07, 6.45) is 1.55. The zero-order valence-electron chi connectivity index (χ0n) is 10.4. The van der Waals surface area contributed by atoms with Crippen LogP contribution in [0.2, 0.25) is 0 Å². The molecule has 1 fully saturated rings. The molecule has 9 nitrogen and oxygen atoms in total. The Kier molecular flexibility index (Phi) is 3.41. The monoisotopic (exact) mass is 277 g/mol. The summed E-state index contributed by atoms with van der Waals surface area (Å²) in [5.41, 5.74) is 5.43. The number of hydrogen-bond donors (Lipinski definition) is 1. The van der Waals surface area contributed by atoms with E-state index in [2.05, 4.69) is 5.27 Å². The molecule has 1 saturated heterocycles. The normalized spacial score (nSPS) is 18.5. The maximum Gasteiger partial charge on any atom is 0.296 e. The lowest BCUT2D eigenvalue weighted by Gasteiger charge is -2.30. The molecule has 10 heteroatoms. The molecule has 2 rings (SSSR count). The van der Waals surface area contributed by atoms with E-state index in [9.17, 15) is 8.42 Å². The van der Waals surface area contributed by atoms with E-state index in [-0.39, 0.29) is 5.88 Å². The highest BCUT2D eigenvalue weighted by Gasteiger charge is 2.32. The smallest absolute Gasteiger partial charge is 0.296 e. The molecule has 1 aromatic heterocycles. The highest BCUT2D eigenvalue weighted by Crippen LogP contribution is 2.07. The van der Waals surface area contributed by atoms with E-state index in [1.807, 2.05) is 5.01 Å². The number of nitrogens with zero attached hydrogens (tertiary/aromatic N) is 5. The molecule has 1 aliphatic heterocycles. The van der Waals surface area contributed by atoms with Gasteiger partial charge in [0.1, 0.15) is 0 Å². The first kappa shape index (κ1) is 13.1. The Bertz CT molecular complexity index is 505. The van der Waals surface area contributed by atoms with Crippen molar-refractivity contribution in [2.75, 3.05) is 51.0 Å². The lowest BCUT2D eigenvalue weighted by atomic mass is 10.4. The Balaban J connectivity index is 2.01. The van der Waals surface area contributed by atoms with E-state index in [4.69, 9.17) is 10.3 Å². The van der Waals surface area contributed by atoms with E-state index >= 15 is 0 Å². The van der Waals surface area contributed by atoms with Crippen molar-refractivity contribution in [3.05, 3.63) is 6.20 Å². The standard InChI is InChI=1S/C8H17N6O3S/c1-11(2)18(15,16)13-5-3-12(4-6-13)14-7-8(9)17-10-14/h7H,3-6,9H2,1-2H3/q+1. The minimum atomic E-state index is -3.34. The Morgan fingerprint density at radius 1 is 1.39 bits per heavy atom. The fourth-order valence-corrected chi connectivity index (χ4v) is 2.81. The minimum Gasteiger partial charge on any atom is -0.362 e. The summed E-state index contributed by atoms with van der Waals surface area (Å²) in [4.78, 5) is 1.49. The molecule has 0 spiro atoms. The largest absolute Gasteiger partial charge is 0.362 e. The van der Waals surface area contributed by atoms with Crippen molar-refractivity contribution in [1.29, 1.82) is 0 Å². The van der Waals surface area contributed by atoms with Gasteiger partial charge < -0.3 is 5.73 Å². The van der Waals surface area contributed by atoms with E-state index in [0.717, 1.165) is 0 Å². The van der Waals surface area contributed by atoms with Gasteiger partial charge in [-0.1, -0.05) is 0 Å². The van der Waals surface area contributed by atoms with Gasteiger partial charge in [-0.05, 0) is 0 Å². The van der Waals surface area contributed by atoms with Crippen LogP contribution in [-0.4, -0.2) is 62.6 Å². The number of nitrogen functional groups attached to an aromatic ring is 1. The second-order valence-corrected chi connectivity index (χ2v) is 6.31. The van der Waals surface area contributed by atoms with Gasteiger partial charge in [-0.25, -0.2) is 0 Å². The van der Waals surface area contributed by atoms with E-state index in [1.165, 1.54) is 27.5 Å². The Morgan fingerprint density at radius 3 is 2.44 bits per heavy atom. The van der Waals surface area contributed by atoms with Gasteiger partial charge >= 0.3 is 0 Å². The average Bonchev–Trinajstić information content (AvgIpc) is 2.76. The summed E-state index contributed by atoms with van der Waals surface area (Å²) in [6.45, 7) is 1.87. The SMILES string of the molecule is CN(C)S(=O)(=O)N1CCN([n+]2cc(N)on2)CC1. The van der Waals surface area contributed by atoms with Crippen molar-refractivity contribution in [2.24, 2.45) is 0 Å². The zero-order valence-corrected chi connectivity index (χ0v) is 11.2. The van der Waals surface area contributed by atoms with Gasteiger partial charge in [0.25, 0.3) is 22.3 Å². The molecular formula is C8H17N6O3S+. The molecule has 102 valence electrons. The molecule has 0 amide bonds. The predicted molar refractivity (Wildman–Crippen MR) is 63.2 cm³/mol. The number of hydrogen-bond acceptors (Lipinski definition) is 6. The highest BCUT2D eigenvalue weighted by molar-refractivity contribution is 7.86. The Labute approximate surface area is 105 Å². The zero-order chi connectivity index (χ0) is 13.3. The second-order valence-electron chi connectivity index (χ2n) is 4.17. The number of rotatable bonds is 3. The predicted octanol–water partition coefficient (Wildman–Crippen LogP) is -2.40. The first-order valence-corrected chi connectivity index (χ1v) is 6.88. The third-order valence-electron chi connectivity index (χ3n) is 2.77. The van der Waals surface area contributed by atoms with Crippen LogP contribution in [0.15, 0.2) is 10.7 Å². The van der Waals surface area contributed by atoms with Crippen molar-refractivity contribution in [3.63, 3.8) is 0 Å². The summed E-state index contributed by atoms with van der Waals surface area (Å²) in [6, 6.07) is 0. The van der Waals surface area contributed by atoms with Gasteiger partial charge in [0.15, 0.2) is 0 Å². The van der Waals surface area contributed by atoms with Crippen molar-refractivity contribution in [2.45, 2.75) is 0 Å². The molecule has 2 N–H and O–H groups in total. The second kappa shape index (κ2) is 4.71. The molecule has 2 heterocycles. The van der Waals surface area contributed by atoms with Crippen molar-refractivity contribution in [1.82, 2.24) is 13.9 Å². The molecule has 0 unspecified atom stereocenters. The third-order valence-corrected chi connectivity index (χ3v) is 4.71. The van der Waals surface area contributed by atoms with Crippen LogP contribution in [0.1, 0.15) is 0 Å². The molecule has 0 aliphatic carbocycles. The Hall–Kier alpha value is -1.39. The Morgan fingerprint density at radius 2 is 2.00 bits per heavy atom. The van der Waals surface area contributed by atoms with Crippen molar-refractivity contribution in [3.8, 4) is 0 Å². The van der Waals surface area contributed by atoms with Gasteiger partial charge in [0.05, 0.1) is 17.9 Å². The molecule has 0 aromatic carbocycles. The summed E-state index contributed by atoms with van der Waals surface area (Å²) in [5.74, 6) is 0.221. The maximum absolute atomic E-state index is 11.9. The third kappa shape index (κ3) is 2.40. The van der Waals surface area contributed by atoms with Crippen LogP contribution in [0.3, 0.4) is 0 Å². The number of aromatic nitrogens is 2. The topological polar surface area (TPSA) is 99.8 Å². The summed E-state index contributed by atoms with van der Waals surface area (Å²) in [5, 5.41) is 5.59. The number of anilines is 1. The molecular weight excluding hydrogens is 260 g/mol. The molecule has 1 aromatic rings. The molecule has 0 radical (unpaired) electrons. The van der Waals surface area contributed by atoms with Crippen molar-refractivity contribution >= 4 is 16.1 Å². The lowest BCUT2D eigenvalue weighted by molar-refractivity contribution is -0.759. The van der Waals surface area contributed by atoms with Gasteiger partial charge in [-0.2, -0.15) is 22.0 Å². The van der Waals surface area contributed by atoms with Crippen LogP contribution in [0.4, 0.5) is 5.88 Å². The van der Waals surface area contributed by atoms with E-state index < -0.39 is 10.2 Å². The van der Waals surface area contributed by atoms with Gasteiger partial charge in [0.2, 0.25) is 5.27 Å². The van der Waals surface area contributed by atoms with Crippen LogP contribution in [-0.2, 0) is 10.2 Å². The van der Waals surface area contributed by atoms with Crippen LogP contribution < -0.4 is 15.5 Å². The highest BCUT2D eigenvalue weighted by atomic mass is 32.2. The molecule has 0 bridgehead atoms. The molecule has 18 heavy (non-hydrogen) atoms. The van der Waals surface area contributed by atoms with Gasteiger partial charge in [0, 0.05) is 27.2 Å². The lowest BCUT2D eigenvalue weighted by Crippen LogP contribution is -2.66. The molecule has 0 atom stereocenters.